The Bertz CT molecular complexity index is 1530. The fraction of sp³-hybridized carbons (Fsp3) is 0.877. The first-order valence-electron chi connectivity index (χ1n) is 32.6. The summed E-state index contributed by atoms with van der Waals surface area (Å²) in [6.07, 6.45) is 43.2. The van der Waals surface area contributed by atoms with E-state index in [0.717, 1.165) is 38.5 Å². The second-order valence-corrected chi connectivity index (χ2v) is 22.9. The third-order valence-corrected chi connectivity index (χ3v) is 15.6. The molecule has 11 atom stereocenters. The van der Waals surface area contributed by atoms with Gasteiger partial charge >= 0.3 is 11.9 Å². The number of hydrogen-bond donors (Lipinski definition) is 7. The largest absolute Gasteiger partial charge is 0.462 e. The van der Waals surface area contributed by atoms with Crippen LogP contribution >= 0.6 is 0 Å². The van der Waals surface area contributed by atoms with E-state index in [-0.39, 0.29) is 19.4 Å². The summed E-state index contributed by atoms with van der Waals surface area (Å²) < 4.78 is 33.7. The van der Waals surface area contributed by atoms with Gasteiger partial charge in [-0.3, -0.25) is 9.59 Å². The summed E-state index contributed by atoms with van der Waals surface area (Å²) in [4.78, 5) is 26.0. The molecule has 2 fully saturated rings. The first-order valence-corrected chi connectivity index (χ1v) is 32.6. The van der Waals surface area contributed by atoms with E-state index in [0.29, 0.717) is 19.3 Å². The molecule has 15 nitrogen and oxygen atoms in total. The van der Waals surface area contributed by atoms with Crippen molar-refractivity contribution in [1.82, 2.24) is 0 Å². The van der Waals surface area contributed by atoms with Gasteiger partial charge < -0.3 is 64.2 Å². The van der Waals surface area contributed by atoms with Crippen LogP contribution < -0.4 is 0 Å². The summed E-state index contributed by atoms with van der Waals surface area (Å²) in [7, 11) is 0. The van der Waals surface area contributed by atoms with Gasteiger partial charge in [0.2, 0.25) is 0 Å². The van der Waals surface area contributed by atoms with Crippen molar-refractivity contribution in [1.29, 1.82) is 0 Å². The van der Waals surface area contributed by atoms with Crippen LogP contribution in [0.15, 0.2) is 36.5 Å². The SMILES string of the molecule is CCCCCCCC/C=C/CCCCCCCCCCCCCC(=O)O[C@@H](COC(=O)CCC/C=C/CC/C=C/CCCCCCCCCCCCCCCC)CO[C@@H]1O[C@H](CO[C@@H]2O[C@H](CO)[C@H](O)C(O)C2O)[C@H](O)C(O)C1O. The minimum Gasteiger partial charge on any atom is -0.462 e. The summed E-state index contributed by atoms with van der Waals surface area (Å²) in [5, 5.41) is 72.4. The average molecular weight is 1140 g/mol. The maximum Gasteiger partial charge on any atom is 0.306 e. The van der Waals surface area contributed by atoms with Gasteiger partial charge in [-0.15, -0.1) is 0 Å². The lowest BCUT2D eigenvalue weighted by Gasteiger charge is -2.42. The molecule has 0 aromatic heterocycles. The molecule has 0 bridgehead atoms. The average Bonchev–Trinajstić information content (AvgIpc) is 3.52. The number of aliphatic hydroxyl groups excluding tert-OH is 7. The molecule has 4 unspecified atom stereocenters. The number of rotatable bonds is 53. The minimum absolute atomic E-state index is 0.158. The Balaban J connectivity index is 1.72. The Morgan fingerprint density at radius 2 is 0.738 bits per heavy atom. The Kier molecular flexibility index (Phi) is 47.2. The van der Waals surface area contributed by atoms with Crippen molar-refractivity contribution in [3.8, 4) is 0 Å². The quantitative estimate of drug-likeness (QED) is 0.0171. The third kappa shape index (κ3) is 37.1. The van der Waals surface area contributed by atoms with Crippen LogP contribution in [0.4, 0.5) is 0 Å². The topological polar surface area (TPSA) is 231 Å². The molecule has 0 aromatic carbocycles. The minimum atomic E-state index is -1.77. The molecule has 468 valence electrons. The Morgan fingerprint density at radius 3 is 1.18 bits per heavy atom. The molecule has 80 heavy (non-hydrogen) atoms. The molecule has 7 N–H and O–H groups in total. The monoisotopic (exact) mass is 1140 g/mol. The lowest BCUT2D eigenvalue weighted by molar-refractivity contribution is -0.332. The fourth-order valence-corrected chi connectivity index (χ4v) is 10.3. The predicted molar refractivity (Wildman–Crippen MR) is 317 cm³/mol. The van der Waals surface area contributed by atoms with E-state index in [1.807, 2.05) is 0 Å². The Morgan fingerprint density at radius 1 is 0.388 bits per heavy atom. The van der Waals surface area contributed by atoms with E-state index < -0.39 is 99.3 Å². The molecule has 0 saturated carbocycles. The van der Waals surface area contributed by atoms with Crippen molar-refractivity contribution < 1.29 is 73.8 Å². The van der Waals surface area contributed by atoms with E-state index in [1.54, 1.807) is 0 Å². The number of ether oxygens (including phenoxy) is 6. The summed E-state index contributed by atoms with van der Waals surface area (Å²) in [5.41, 5.74) is 0. The van der Waals surface area contributed by atoms with Crippen molar-refractivity contribution in [2.24, 2.45) is 0 Å². The molecule has 2 saturated heterocycles. The second kappa shape index (κ2) is 51.2. The predicted octanol–water partition coefficient (Wildman–Crippen LogP) is 12.4. The zero-order valence-corrected chi connectivity index (χ0v) is 50.3. The lowest BCUT2D eigenvalue weighted by atomic mass is 9.98. The molecular formula is C65H118O15. The maximum atomic E-state index is 13.1. The molecule has 0 amide bonds. The molecule has 0 radical (unpaired) electrons. The van der Waals surface area contributed by atoms with Crippen molar-refractivity contribution in [2.75, 3.05) is 26.4 Å². The highest BCUT2D eigenvalue weighted by atomic mass is 16.7. The van der Waals surface area contributed by atoms with Crippen molar-refractivity contribution in [3.63, 3.8) is 0 Å². The molecule has 0 aliphatic carbocycles. The molecular weight excluding hydrogens is 1020 g/mol. The van der Waals surface area contributed by atoms with Crippen LogP contribution in [0.5, 0.6) is 0 Å². The lowest BCUT2D eigenvalue weighted by Crippen LogP contribution is -2.61. The van der Waals surface area contributed by atoms with Crippen molar-refractivity contribution in [3.05, 3.63) is 36.5 Å². The molecule has 2 aliphatic rings. The number of esters is 2. The smallest absolute Gasteiger partial charge is 0.306 e. The van der Waals surface area contributed by atoms with E-state index in [1.165, 1.54) is 186 Å². The van der Waals surface area contributed by atoms with E-state index in [2.05, 4.69) is 50.3 Å². The van der Waals surface area contributed by atoms with Crippen LogP contribution in [-0.2, 0) is 38.0 Å². The van der Waals surface area contributed by atoms with Crippen molar-refractivity contribution >= 4 is 11.9 Å². The van der Waals surface area contributed by atoms with Crippen LogP contribution in [0.3, 0.4) is 0 Å². The number of unbranched alkanes of at least 4 members (excludes halogenated alkanes) is 33. The first-order chi connectivity index (χ1) is 39.0. The van der Waals surface area contributed by atoms with Gasteiger partial charge in [-0.05, 0) is 70.6 Å². The van der Waals surface area contributed by atoms with Gasteiger partial charge in [-0.1, -0.05) is 224 Å². The molecule has 0 aromatic rings. The fourth-order valence-electron chi connectivity index (χ4n) is 10.3. The molecule has 2 aliphatic heterocycles. The Labute approximate surface area is 485 Å². The van der Waals surface area contributed by atoms with E-state index in [4.69, 9.17) is 28.4 Å². The standard InChI is InChI=1S/C65H118O15/c1-3-5-7-9-11-13-15-17-19-21-23-25-26-28-29-31-33-35-37-39-41-43-45-47-56(67)75-50-53(51-76-64-63(74)61(72)59(70)55(80-64)52-77-65-62(73)60(71)58(69)54(49-66)79-65)78-57(68)48-46-44-42-40-38-36-34-32-30-27-24-22-20-18-16-14-12-10-8-6-4-2/h18,20,31,33,39,41,53-55,58-66,69-74H,3-17,19,21-30,32,34-38,40,42-52H2,1-2H3/b20-18+,33-31+,41-39+/t53-,54+,55+,58-,59-,60?,61?,62?,63?,64+,65+/m0/s1. The Hall–Kier alpha value is -2.28. The van der Waals surface area contributed by atoms with Crippen LogP contribution in [0, 0.1) is 0 Å². The summed E-state index contributed by atoms with van der Waals surface area (Å²) >= 11 is 0. The van der Waals surface area contributed by atoms with Crippen LogP contribution in [0.1, 0.15) is 271 Å². The van der Waals surface area contributed by atoms with Crippen molar-refractivity contribution in [2.45, 2.75) is 338 Å². The van der Waals surface area contributed by atoms with Gasteiger partial charge in [0.1, 0.15) is 55.4 Å². The van der Waals surface area contributed by atoms with Gasteiger partial charge in [0, 0.05) is 12.8 Å². The zero-order valence-electron chi connectivity index (χ0n) is 50.3. The van der Waals surface area contributed by atoms with E-state index >= 15 is 0 Å². The highest BCUT2D eigenvalue weighted by molar-refractivity contribution is 5.70. The molecule has 2 heterocycles. The van der Waals surface area contributed by atoms with Crippen LogP contribution in [0.25, 0.3) is 0 Å². The molecule has 2 rings (SSSR count). The zero-order chi connectivity index (χ0) is 58.1. The highest BCUT2D eigenvalue weighted by Gasteiger charge is 2.47. The van der Waals surface area contributed by atoms with Gasteiger partial charge in [-0.2, -0.15) is 0 Å². The van der Waals surface area contributed by atoms with Gasteiger partial charge in [0.05, 0.1) is 19.8 Å². The summed E-state index contributed by atoms with van der Waals surface area (Å²) in [6.45, 7) is 2.61. The summed E-state index contributed by atoms with van der Waals surface area (Å²) in [5.74, 6) is -0.963. The number of allylic oxidation sites excluding steroid dienone is 6. The van der Waals surface area contributed by atoms with Crippen LogP contribution in [0.2, 0.25) is 0 Å². The number of aliphatic hydroxyl groups is 7. The van der Waals surface area contributed by atoms with Gasteiger partial charge in [0.15, 0.2) is 18.7 Å². The normalized spacial score (nSPS) is 23.9. The summed E-state index contributed by atoms with van der Waals surface area (Å²) in [6, 6.07) is 0. The number of carbonyl (C=O) groups is 2. The number of carbonyl (C=O) groups excluding carboxylic acids is 2. The van der Waals surface area contributed by atoms with Crippen LogP contribution in [-0.4, -0.2) is 142 Å². The highest BCUT2D eigenvalue weighted by Crippen LogP contribution is 2.27. The van der Waals surface area contributed by atoms with Gasteiger partial charge in [-0.25, -0.2) is 0 Å². The van der Waals surface area contributed by atoms with E-state index in [9.17, 15) is 45.3 Å². The molecule has 15 heteroatoms. The number of hydrogen-bond acceptors (Lipinski definition) is 15. The third-order valence-electron chi connectivity index (χ3n) is 15.6. The van der Waals surface area contributed by atoms with Gasteiger partial charge in [0.25, 0.3) is 0 Å². The molecule has 0 spiro atoms. The maximum absolute atomic E-state index is 13.1. The second-order valence-electron chi connectivity index (χ2n) is 22.9. The first kappa shape index (κ1) is 73.8.